The molecule has 1 aliphatic carbocycles. The van der Waals surface area contributed by atoms with Gasteiger partial charge in [-0.25, -0.2) is 9.78 Å². The molecule has 0 radical (unpaired) electrons. The minimum absolute atomic E-state index is 0.0383. The van der Waals surface area contributed by atoms with Crippen molar-refractivity contribution in [3.05, 3.63) is 48.2 Å². The molecule has 0 bridgehead atoms. The Labute approximate surface area is 241 Å². The van der Waals surface area contributed by atoms with Crippen LogP contribution in [0.3, 0.4) is 0 Å². The van der Waals surface area contributed by atoms with Gasteiger partial charge in [0.25, 0.3) is 0 Å². The number of hydrogen-bond donors (Lipinski definition) is 4. The summed E-state index contributed by atoms with van der Waals surface area (Å²) in [6.07, 6.45) is 5.94. The molecular weight excluding hydrogens is 524 g/mol. The molecule has 0 unspecified atom stereocenters. The zero-order valence-corrected chi connectivity index (χ0v) is 24.0. The van der Waals surface area contributed by atoms with Crippen LogP contribution in [-0.2, 0) is 6.42 Å². The van der Waals surface area contributed by atoms with Gasteiger partial charge < -0.3 is 39.6 Å². The van der Waals surface area contributed by atoms with Crippen molar-refractivity contribution < 1.29 is 29.2 Å². The highest BCUT2D eigenvalue weighted by atomic mass is 16.6. The first-order valence-electron chi connectivity index (χ1n) is 14.6. The van der Waals surface area contributed by atoms with E-state index in [0.717, 1.165) is 42.5 Å². The lowest BCUT2D eigenvalue weighted by molar-refractivity contribution is -0.0271. The second-order valence-corrected chi connectivity index (χ2v) is 11.6. The highest BCUT2D eigenvalue weighted by molar-refractivity contribution is 5.88. The summed E-state index contributed by atoms with van der Waals surface area (Å²) in [6.45, 7) is 5.13. The van der Waals surface area contributed by atoms with Crippen molar-refractivity contribution in [1.29, 1.82) is 0 Å². The molecule has 1 aromatic carbocycles. The normalized spacial score (nSPS) is 25.1. The smallest absolute Gasteiger partial charge is 0.414 e. The summed E-state index contributed by atoms with van der Waals surface area (Å²) in [5.74, 6) is 1.90. The maximum absolute atomic E-state index is 12.7. The Hall–Kier alpha value is -3.34. The maximum Gasteiger partial charge on any atom is 0.414 e. The van der Waals surface area contributed by atoms with Crippen LogP contribution < -0.4 is 19.5 Å². The lowest BCUT2D eigenvalue weighted by atomic mass is 9.80. The number of carbonyl (C=O) groups excluding carboxylic acids is 1. The summed E-state index contributed by atoms with van der Waals surface area (Å²) in [6, 6.07) is 11.2. The standard InChI is InChI=1S/C31H42N4O6/c1-21-20-35(15-10-26(21)36)16-14-31(38)12-8-23(9-13-31)33-30(37)41-29-18-24-25(34-29)4-3-5-27(24)40-17-11-22-6-7-28(39-2)32-19-22/h3-7,18-19,21,23,26,34,36,38H,8-17,20H2,1-2H3,(H,33,37)/t21-,23?,26-,31?/m0/s1. The molecule has 10 heteroatoms. The molecule has 10 nitrogen and oxygen atoms in total. The number of nitrogens with one attached hydrogen (secondary N) is 2. The molecule has 1 amide bonds. The minimum atomic E-state index is -0.709. The number of fused-ring (bicyclic) bond motifs is 1. The lowest BCUT2D eigenvalue weighted by Crippen LogP contribution is -2.47. The monoisotopic (exact) mass is 566 g/mol. The van der Waals surface area contributed by atoms with Crippen molar-refractivity contribution in [2.24, 2.45) is 5.92 Å². The number of aliphatic hydroxyl groups is 2. The molecule has 1 saturated heterocycles. The van der Waals surface area contributed by atoms with E-state index in [9.17, 15) is 15.0 Å². The molecule has 41 heavy (non-hydrogen) atoms. The average Bonchev–Trinajstić information content (AvgIpc) is 3.38. The van der Waals surface area contributed by atoms with Crippen LogP contribution in [0, 0.1) is 5.92 Å². The molecule has 2 fully saturated rings. The second-order valence-electron chi connectivity index (χ2n) is 11.6. The van der Waals surface area contributed by atoms with Crippen LogP contribution in [0.1, 0.15) is 51.0 Å². The number of benzene rings is 1. The van der Waals surface area contributed by atoms with E-state index >= 15 is 0 Å². The molecule has 2 aromatic heterocycles. The first kappa shape index (κ1) is 29.2. The van der Waals surface area contributed by atoms with Gasteiger partial charge in [0, 0.05) is 55.8 Å². The number of hydrogen-bond acceptors (Lipinski definition) is 8. The maximum atomic E-state index is 12.7. The molecule has 4 N–H and O–H groups in total. The van der Waals surface area contributed by atoms with E-state index in [1.807, 2.05) is 30.3 Å². The van der Waals surface area contributed by atoms with Crippen LogP contribution in [0.5, 0.6) is 17.5 Å². The number of aliphatic hydroxyl groups excluding tert-OH is 1. The van der Waals surface area contributed by atoms with Crippen molar-refractivity contribution in [3.63, 3.8) is 0 Å². The predicted molar refractivity (Wildman–Crippen MR) is 155 cm³/mol. The Morgan fingerprint density at radius 2 is 2.05 bits per heavy atom. The van der Waals surface area contributed by atoms with Crippen LogP contribution in [-0.4, -0.2) is 82.3 Å². The van der Waals surface area contributed by atoms with E-state index in [1.165, 1.54) is 0 Å². The SMILES string of the molecule is COc1ccc(CCOc2cccc3[nH]c(OC(=O)NC4CCC(O)(CCN5CC[C@H](O)[C@@H](C)C5)CC4)cc23)cn1. The van der Waals surface area contributed by atoms with Crippen molar-refractivity contribution in [2.75, 3.05) is 33.4 Å². The summed E-state index contributed by atoms with van der Waals surface area (Å²) in [4.78, 5) is 22.4. The number of nitrogens with zero attached hydrogens (tertiary/aromatic N) is 2. The number of rotatable bonds is 10. The van der Waals surface area contributed by atoms with Gasteiger partial charge in [0.15, 0.2) is 0 Å². The highest BCUT2D eigenvalue weighted by Crippen LogP contribution is 2.33. The molecule has 1 saturated carbocycles. The number of carbonyl (C=O) groups is 1. The molecule has 3 heterocycles. The van der Waals surface area contributed by atoms with Gasteiger partial charge in [-0.3, -0.25) is 0 Å². The van der Waals surface area contributed by atoms with E-state index in [4.69, 9.17) is 14.2 Å². The Morgan fingerprint density at radius 1 is 1.22 bits per heavy atom. The summed E-state index contributed by atoms with van der Waals surface area (Å²) in [5.41, 5.74) is 1.15. The summed E-state index contributed by atoms with van der Waals surface area (Å²) < 4.78 is 16.7. The van der Waals surface area contributed by atoms with Crippen LogP contribution in [0.2, 0.25) is 0 Å². The third-order valence-electron chi connectivity index (χ3n) is 8.53. The van der Waals surface area contributed by atoms with E-state index in [-0.39, 0.29) is 18.1 Å². The molecule has 0 spiro atoms. The van der Waals surface area contributed by atoms with Crippen LogP contribution >= 0.6 is 0 Å². The van der Waals surface area contributed by atoms with E-state index in [0.29, 0.717) is 62.6 Å². The van der Waals surface area contributed by atoms with Crippen LogP contribution in [0.4, 0.5) is 4.79 Å². The van der Waals surface area contributed by atoms with Crippen molar-refractivity contribution in [1.82, 2.24) is 20.2 Å². The number of piperidine rings is 1. The molecule has 2 aliphatic rings. The van der Waals surface area contributed by atoms with Crippen molar-refractivity contribution in [2.45, 2.75) is 69.6 Å². The molecule has 3 aromatic rings. The van der Waals surface area contributed by atoms with Gasteiger partial charge in [0.2, 0.25) is 11.8 Å². The van der Waals surface area contributed by atoms with Gasteiger partial charge in [-0.1, -0.05) is 19.1 Å². The number of methoxy groups -OCH3 is 1. The molecule has 222 valence electrons. The highest BCUT2D eigenvalue weighted by Gasteiger charge is 2.35. The quantitative estimate of drug-likeness (QED) is 0.289. The van der Waals surface area contributed by atoms with Crippen molar-refractivity contribution in [3.8, 4) is 17.5 Å². The number of amides is 1. The molecule has 5 rings (SSSR count). The summed E-state index contributed by atoms with van der Waals surface area (Å²) in [5, 5.41) is 24.9. The number of pyridine rings is 1. The van der Waals surface area contributed by atoms with Crippen LogP contribution in [0.15, 0.2) is 42.6 Å². The first-order chi connectivity index (χ1) is 19.8. The third-order valence-corrected chi connectivity index (χ3v) is 8.53. The van der Waals surface area contributed by atoms with Gasteiger partial charge in [0.1, 0.15) is 5.75 Å². The lowest BCUT2D eigenvalue weighted by Gasteiger charge is -2.39. The zero-order chi connectivity index (χ0) is 28.8. The second kappa shape index (κ2) is 13.1. The first-order valence-corrected chi connectivity index (χ1v) is 14.6. The van der Waals surface area contributed by atoms with E-state index in [1.54, 1.807) is 19.4 Å². The fraction of sp³-hybridized carbons (Fsp3) is 0.548. The summed E-state index contributed by atoms with van der Waals surface area (Å²) >= 11 is 0. The van der Waals surface area contributed by atoms with Gasteiger partial charge in [-0.05, 0) is 62.1 Å². The molecule has 2 atom stereocenters. The topological polar surface area (TPSA) is 129 Å². The van der Waals surface area contributed by atoms with Gasteiger partial charge >= 0.3 is 6.09 Å². The van der Waals surface area contributed by atoms with Gasteiger partial charge in [-0.2, -0.15) is 0 Å². The van der Waals surface area contributed by atoms with Gasteiger partial charge in [0.05, 0.1) is 30.9 Å². The van der Waals surface area contributed by atoms with Gasteiger partial charge in [-0.15, -0.1) is 0 Å². The molecular formula is C31H42N4O6. The number of H-pyrrole nitrogens is 1. The fourth-order valence-corrected chi connectivity index (χ4v) is 5.88. The fourth-order valence-electron chi connectivity index (χ4n) is 5.88. The van der Waals surface area contributed by atoms with Crippen LogP contribution in [0.25, 0.3) is 10.9 Å². The van der Waals surface area contributed by atoms with Crippen molar-refractivity contribution >= 4 is 17.0 Å². The number of ether oxygens (including phenoxy) is 3. The Balaban J connectivity index is 1.07. The predicted octanol–water partition coefficient (Wildman–Crippen LogP) is 4.05. The Kier molecular flexibility index (Phi) is 9.32. The zero-order valence-electron chi connectivity index (χ0n) is 24.0. The van der Waals surface area contributed by atoms with E-state index in [2.05, 4.69) is 27.1 Å². The third kappa shape index (κ3) is 7.69. The molecule has 1 aliphatic heterocycles. The minimum Gasteiger partial charge on any atom is -0.493 e. The van der Waals surface area contributed by atoms with E-state index < -0.39 is 11.7 Å². The Morgan fingerprint density at radius 3 is 2.78 bits per heavy atom. The number of likely N-dealkylation sites (tertiary alicyclic amines) is 1. The largest absolute Gasteiger partial charge is 0.493 e. The average molecular weight is 567 g/mol. The number of aromatic amines is 1. The summed E-state index contributed by atoms with van der Waals surface area (Å²) in [7, 11) is 1.59. The Bertz CT molecular complexity index is 1290. The number of aromatic nitrogens is 2.